The van der Waals surface area contributed by atoms with E-state index in [0.29, 0.717) is 49.1 Å². The number of fused-ring (bicyclic) bond motifs is 1. The van der Waals surface area contributed by atoms with Gasteiger partial charge in [-0.15, -0.1) is 5.10 Å². The standard InChI is InChI=1S/C23H22N6O4S/c30-29(31)21-8-5-19(6-9-21)23-24-16-27(25-23)17-26-11-13-28(14-12-26)34(32,33)22-10-7-18-3-1-2-4-20(18)15-22/h1-10,15-16H,11-14,17H2. The van der Waals surface area contributed by atoms with E-state index in [1.807, 2.05) is 30.3 Å². The van der Waals surface area contributed by atoms with Crippen LogP contribution in [0.25, 0.3) is 22.2 Å². The molecule has 3 aromatic carbocycles. The molecule has 1 aliphatic rings. The summed E-state index contributed by atoms with van der Waals surface area (Å²) in [6, 6.07) is 19.0. The van der Waals surface area contributed by atoms with Crippen molar-refractivity contribution in [3.8, 4) is 11.4 Å². The van der Waals surface area contributed by atoms with Gasteiger partial charge in [0.1, 0.15) is 6.33 Å². The summed E-state index contributed by atoms with van der Waals surface area (Å²) in [4.78, 5) is 17.1. The van der Waals surface area contributed by atoms with Gasteiger partial charge in [-0.2, -0.15) is 4.31 Å². The minimum atomic E-state index is -3.57. The van der Waals surface area contributed by atoms with Gasteiger partial charge in [-0.1, -0.05) is 30.3 Å². The largest absolute Gasteiger partial charge is 0.282 e. The Morgan fingerprint density at radius 1 is 0.912 bits per heavy atom. The van der Waals surface area contributed by atoms with Crippen molar-refractivity contribution < 1.29 is 13.3 Å². The molecule has 0 bridgehead atoms. The van der Waals surface area contributed by atoms with Gasteiger partial charge in [0.25, 0.3) is 5.69 Å². The normalized spacial score (nSPS) is 15.5. The molecule has 2 heterocycles. The van der Waals surface area contributed by atoms with Crippen molar-refractivity contribution in [1.82, 2.24) is 24.0 Å². The number of nitro benzene ring substituents is 1. The molecular weight excluding hydrogens is 456 g/mol. The highest BCUT2D eigenvalue weighted by Crippen LogP contribution is 2.23. The van der Waals surface area contributed by atoms with E-state index in [-0.39, 0.29) is 5.69 Å². The average Bonchev–Trinajstić information content (AvgIpc) is 3.32. The Morgan fingerprint density at radius 2 is 1.62 bits per heavy atom. The molecule has 0 atom stereocenters. The van der Waals surface area contributed by atoms with Gasteiger partial charge in [-0.25, -0.2) is 18.1 Å². The molecule has 174 valence electrons. The van der Waals surface area contributed by atoms with Crippen molar-refractivity contribution in [3.05, 3.63) is 83.2 Å². The third-order valence-corrected chi connectivity index (χ3v) is 7.80. The molecule has 1 aliphatic heterocycles. The maximum atomic E-state index is 13.2. The zero-order chi connectivity index (χ0) is 23.7. The van der Waals surface area contributed by atoms with Gasteiger partial charge in [0.05, 0.1) is 16.5 Å². The maximum Gasteiger partial charge on any atom is 0.269 e. The van der Waals surface area contributed by atoms with Crippen LogP contribution in [0.15, 0.2) is 78.0 Å². The predicted octanol–water partition coefficient (Wildman–Crippen LogP) is 2.97. The molecule has 0 N–H and O–H groups in total. The first-order valence-electron chi connectivity index (χ1n) is 10.8. The van der Waals surface area contributed by atoms with Crippen molar-refractivity contribution in [3.63, 3.8) is 0 Å². The van der Waals surface area contributed by atoms with Crippen molar-refractivity contribution in [1.29, 1.82) is 0 Å². The molecule has 0 unspecified atom stereocenters. The van der Waals surface area contributed by atoms with Gasteiger partial charge in [0, 0.05) is 43.9 Å². The van der Waals surface area contributed by atoms with Crippen LogP contribution in [-0.2, 0) is 16.7 Å². The molecule has 0 radical (unpaired) electrons. The van der Waals surface area contributed by atoms with Crippen molar-refractivity contribution in [2.75, 3.05) is 26.2 Å². The van der Waals surface area contributed by atoms with Crippen molar-refractivity contribution in [2.24, 2.45) is 0 Å². The number of nitro groups is 1. The smallest absolute Gasteiger partial charge is 0.269 e. The van der Waals surface area contributed by atoms with E-state index in [2.05, 4.69) is 15.0 Å². The Kier molecular flexibility index (Phi) is 5.82. The van der Waals surface area contributed by atoms with Gasteiger partial charge in [-0.3, -0.25) is 15.0 Å². The maximum absolute atomic E-state index is 13.2. The van der Waals surface area contributed by atoms with Crippen LogP contribution in [0.2, 0.25) is 0 Å². The number of rotatable bonds is 6. The molecule has 1 aromatic heterocycles. The summed E-state index contributed by atoms with van der Waals surface area (Å²) in [6.07, 6.45) is 1.61. The first-order valence-corrected chi connectivity index (χ1v) is 12.2. The average molecular weight is 479 g/mol. The molecule has 4 aromatic rings. The molecule has 5 rings (SSSR count). The highest BCUT2D eigenvalue weighted by Gasteiger charge is 2.28. The fourth-order valence-corrected chi connectivity index (χ4v) is 5.48. The quantitative estimate of drug-likeness (QED) is 0.309. The summed E-state index contributed by atoms with van der Waals surface area (Å²) in [5.41, 5.74) is 0.704. The topological polar surface area (TPSA) is 114 Å². The summed E-state index contributed by atoms with van der Waals surface area (Å²) in [7, 11) is -3.57. The number of non-ortho nitro benzene ring substituents is 1. The Labute approximate surface area is 196 Å². The molecule has 10 nitrogen and oxygen atoms in total. The van der Waals surface area contributed by atoms with Gasteiger partial charge < -0.3 is 0 Å². The van der Waals surface area contributed by atoms with Crippen LogP contribution in [0.1, 0.15) is 0 Å². The Bertz CT molecular complexity index is 1440. The molecule has 0 aliphatic carbocycles. The fraction of sp³-hybridized carbons (Fsp3) is 0.217. The summed E-state index contributed by atoms with van der Waals surface area (Å²) in [6.45, 7) is 2.39. The number of hydrogen-bond donors (Lipinski definition) is 0. The lowest BCUT2D eigenvalue weighted by Crippen LogP contribution is -2.48. The van der Waals surface area contributed by atoms with Crippen molar-refractivity contribution in [2.45, 2.75) is 11.6 Å². The Morgan fingerprint density at radius 3 is 2.32 bits per heavy atom. The van der Waals surface area contributed by atoms with E-state index in [1.165, 1.54) is 16.4 Å². The minimum absolute atomic E-state index is 0.0136. The van der Waals surface area contributed by atoms with E-state index in [1.54, 1.807) is 35.3 Å². The Balaban J connectivity index is 1.22. The second-order valence-corrected chi connectivity index (χ2v) is 10.0. The summed E-state index contributed by atoms with van der Waals surface area (Å²) in [5, 5.41) is 17.2. The lowest BCUT2D eigenvalue weighted by atomic mass is 10.1. The molecular formula is C23H22N6O4S. The number of sulfonamides is 1. The number of hydrogen-bond acceptors (Lipinski definition) is 7. The molecule has 34 heavy (non-hydrogen) atoms. The monoisotopic (exact) mass is 478 g/mol. The van der Waals surface area contributed by atoms with E-state index in [0.717, 1.165) is 10.8 Å². The van der Waals surface area contributed by atoms with Gasteiger partial charge in [-0.05, 0) is 35.0 Å². The zero-order valence-electron chi connectivity index (χ0n) is 18.2. The van der Waals surface area contributed by atoms with Crippen LogP contribution < -0.4 is 0 Å². The number of aromatic nitrogens is 3. The number of benzene rings is 3. The van der Waals surface area contributed by atoms with Crippen molar-refractivity contribution >= 4 is 26.5 Å². The number of nitrogens with zero attached hydrogens (tertiary/aromatic N) is 6. The van der Waals surface area contributed by atoms with Crippen LogP contribution >= 0.6 is 0 Å². The Hall–Kier alpha value is -3.67. The van der Waals surface area contributed by atoms with E-state index in [9.17, 15) is 18.5 Å². The first kappa shape index (κ1) is 22.1. The van der Waals surface area contributed by atoms with Gasteiger partial charge in [0.2, 0.25) is 10.0 Å². The summed E-state index contributed by atoms with van der Waals surface area (Å²) < 4.78 is 29.5. The molecule has 1 saturated heterocycles. The fourth-order valence-electron chi connectivity index (χ4n) is 4.02. The van der Waals surface area contributed by atoms with Crippen LogP contribution in [0.3, 0.4) is 0 Å². The summed E-state index contributed by atoms with van der Waals surface area (Å²) in [5.74, 6) is 0.479. The van der Waals surface area contributed by atoms with Crippen LogP contribution in [-0.4, -0.2) is 63.5 Å². The highest BCUT2D eigenvalue weighted by molar-refractivity contribution is 7.89. The van der Waals surface area contributed by atoms with Crippen LogP contribution in [0.5, 0.6) is 0 Å². The van der Waals surface area contributed by atoms with E-state index < -0.39 is 14.9 Å². The molecule has 1 fully saturated rings. The van der Waals surface area contributed by atoms with Crippen LogP contribution in [0, 0.1) is 10.1 Å². The molecule has 0 saturated carbocycles. The van der Waals surface area contributed by atoms with Gasteiger partial charge >= 0.3 is 0 Å². The van der Waals surface area contributed by atoms with Gasteiger partial charge in [0.15, 0.2) is 5.82 Å². The van der Waals surface area contributed by atoms with E-state index >= 15 is 0 Å². The zero-order valence-corrected chi connectivity index (χ0v) is 19.0. The molecule has 0 amide bonds. The number of piperazine rings is 1. The second kappa shape index (κ2) is 8.93. The SMILES string of the molecule is O=[N+]([O-])c1ccc(-c2ncn(CN3CCN(S(=O)(=O)c4ccc5ccccc5c4)CC3)n2)cc1. The first-order chi connectivity index (χ1) is 16.4. The minimum Gasteiger partial charge on any atom is -0.282 e. The predicted molar refractivity (Wildman–Crippen MR) is 126 cm³/mol. The lowest BCUT2D eigenvalue weighted by molar-refractivity contribution is -0.384. The highest BCUT2D eigenvalue weighted by atomic mass is 32.2. The second-order valence-electron chi connectivity index (χ2n) is 8.08. The molecule has 0 spiro atoms. The van der Waals surface area contributed by atoms with E-state index in [4.69, 9.17) is 0 Å². The third-order valence-electron chi connectivity index (χ3n) is 5.91. The molecule has 11 heteroatoms. The van der Waals surface area contributed by atoms with Crippen LogP contribution in [0.4, 0.5) is 5.69 Å². The lowest BCUT2D eigenvalue weighted by Gasteiger charge is -2.33. The third kappa shape index (κ3) is 4.40. The summed E-state index contributed by atoms with van der Waals surface area (Å²) >= 11 is 0.